The molecule has 0 atom stereocenters. The first-order valence-corrected chi connectivity index (χ1v) is 6.88. The summed E-state index contributed by atoms with van der Waals surface area (Å²) in [6.07, 6.45) is 2.57. The van der Waals surface area contributed by atoms with Crippen molar-refractivity contribution in [1.29, 1.82) is 0 Å². The Hall–Kier alpha value is -1.23. The molecule has 0 unspecified atom stereocenters. The molecule has 1 aliphatic carbocycles. The van der Waals surface area contributed by atoms with Crippen LogP contribution in [0.2, 0.25) is 0 Å². The van der Waals surface area contributed by atoms with Gasteiger partial charge in [0.05, 0.1) is 0 Å². The van der Waals surface area contributed by atoms with Crippen LogP contribution in [0, 0.1) is 5.92 Å². The lowest BCUT2D eigenvalue weighted by Gasteiger charge is -2.36. The molecule has 3 N–H and O–H groups in total. The number of carbonyl (C=O) groups excluding carboxylic acids is 1. The van der Waals surface area contributed by atoms with E-state index in [1.807, 2.05) is 0 Å². The molecule has 19 heavy (non-hydrogen) atoms. The molecule has 1 fully saturated rings. The van der Waals surface area contributed by atoms with Crippen molar-refractivity contribution in [2.75, 3.05) is 6.54 Å². The van der Waals surface area contributed by atoms with E-state index < -0.39 is 17.5 Å². The first-order chi connectivity index (χ1) is 8.89. The molecule has 2 amide bonds. The number of hydrogen-bond donors (Lipinski definition) is 3. The van der Waals surface area contributed by atoms with Gasteiger partial charge in [0, 0.05) is 12.1 Å². The van der Waals surface area contributed by atoms with Gasteiger partial charge >= 0.3 is 12.0 Å². The van der Waals surface area contributed by atoms with Crippen molar-refractivity contribution in [3.05, 3.63) is 11.1 Å². The first-order valence-electron chi connectivity index (χ1n) is 6.45. The van der Waals surface area contributed by atoms with Gasteiger partial charge in [0.25, 0.3) is 0 Å². The lowest BCUT2D eigenvalue weighted by molar-refractivity contribution is -0.146. The number of carboxylic acids is 1. The maximum Gasteiger partial charge on any atom is 0.329 e. The summed E-state index contributed by atoms with van der Waals surface area (Å²) in [5.41, 5.74) is 1.06. The van der Waals surface area contributed by atoms with Crippen LogP contribution in [0.15, 0.2) is 11.1 Å². The zero-order valence-corrected chi connectivity index (χ0v) is 12.1. The van der Waals surface area contributed by atoms with Crippen LogP contribution in [0.5, 0.6) is 0 Å². The molecular weight excluding hydrogens is 268 g/mol. The second-order valence-electron chi connectivity index (χ2n) is 5.33. The molecule has 0 aliphatic heterocycles. The van der Waals surface area contributed by atoms with Crippen molar-refractivity contribution in [3.63, 3.8) is 0 Å². The highest BCUT2D eigenvalue weighted by atomic mass is 35.5. The number of amides is 2. The lowest BCUT2D eigenvalue weighted by Crippen LogP contribution is -2.58. The molecule has 5 nitrogen and oxygen atoms in total. The van der Waals surface area contributed by atoms with Crippen molar-refractivity contribution >= 4 is 23.6 Å². The van der Waals surface area contributed by atoms with Crippen LogP contribution in [-0.4, -0.2) is 29.2 Å². The number of rotatable bonds is 4. The standard InChI is InChI=1S/C13H21ClN2O3/c1-9-3-5-13(6-4-9,11(17)18)16-12(19)15-8-10(2)7-14/h7,9H,3-6,8H2,1-2H3,(H,17,18)(H2,15,16,19). The smallest absolute Gasteiger partial charge is 0.329 e. The summed E-state index contributed by atoms with van der Waals surface area (Å²) in [5.74, 6) is -0.446. The fourth-order valence-corrected chi connectivity index (χ4v) is 2.24. The van der Waals surface area contributed by atoms with Gasteiger partial charge in [-0.25, -0.2) is 9.59 Å². The predicted molar refractivity (Wildman–Crippen MR) is 74.1 cm³/mol. The number of urea groups is 1. The summed E-state index contributed by atoms with van der Waals surface area (Å²) in [4.78, 5) is 23.2. The van der Waals surface area contributed by atoms with Gasteiger partial charge in [-0.1, -0.05) is 18.5 Å². The highest BCUT2D eigenvalue weighted by Gasteiger charge is 2.42. The molecule has 1 saturated carbocycles. The van der Waals surface area contributed by atoms with Gasteiger partial charge in [0.1, 0.15) is 5.54 Å². The monoisotopic (exact) mass is 288 g/mol. The zero-order valence-electron chi connectivity index (χ0n) is 11.3. The van der Waals surface area contributed by atoms with Crippen molar-refractivity contribution in [1.82, 2.24) is 10.6 Å². The van der Waals surface area contributed by atoms with Gasteiger partial charge in [0.15, 0.2) is 0 Å². The van der Waals surface area contributed by atoms with E-state index in [4.69, 9.17) is 11.6 Å². The number of halogens is 1. The van der Waals surface area contributed by atoms with Crippen LogP contribution in [0.4, 0.5) is 4.79 Å². The van der Waals surface area contributed by atoms with Crippen LogP contribution >= 0.6 is 11.6 Å². The van der Waals surface area contributed by atoms with Crippen LogP contribution in [0.25, 0.3) is 0 Å². The van der Waals surface area contributed by atoms with Gasteiger partial charge in [-0.3, -0.25) is 0 Å². The van der Waals surface area contributed by atoms with Gasteiger partial charge in [0.2, 0.25) is 0 Å². The topological polar surface area (TPSA) is 78.4 Å². The summed E-state index contributed by atoms with van der Waals surface area (Å²) in [5, 5.41) is 14.6. The molecule has 0 bridgehead atoms. The number of hydrogen-bond acceptors (Lipinski definition) is 2. The molecule has 108 valence electrons. The number of aliphatic carboxylic acids is 1. The average molecular weight is 289 g/mol. The number of carboxylic acid groups (broad SMARTS) is 1. The Balaban J connectivity index is 2.59. The molecule has 0 spiro atoms. The third-order valence-corrected chi connectivity index (χ3v) is 3.98. The number of nitrogens with one attached hydrogen (secondary N) is 2. The highest BCUT2D eigenvalue weighted by Crippen LogP contribution is 2.32. The van der Waals surface area contributed by atoms with Crippen LogP contribution in [-0.2, 0) is 4.79 Å². The van der Waals surface area contributed by atoms with E-state index in [-0.39, 0.29) is 0 Å². The predicted octanol–water partition coefficient (Wildman–Crippen LogP) is 2.46. The molecule has 1 rings (SSSR count). The Kier molecular flexibility index (Phi) is 5.66. The molecule has 0 saturated heterocycles. The van der Waals surface area contributed by atoms with E-state index in [9.17, 15) is 14.7 Å². The molecule has 0 aromatic carbocycles. The van der Waals surface area contributed by atoms with Gasteiger partial charge in [-0.15, -0.1) is 0 Å². The van der Waals surface area contributed by atoms with E-state index in [1.165, 1.54) is 5.54 Å². The van der Waals surface area contributed by atoms with Crippen molar-refractivity contribution in [2.24, 2.45) is 5.92 Å². The third-order valence-electron chi connectivity index (χ3n) is 3.60. The van der Waals surface area contributed by atoms with E-state index in [0.717, 1.165) is 18.4 Å². The van der Waals surface area contributed by atoms with Crippen molar-refractivity contribution in [3.8, 4) is 0 Å². The Labute approximate surface area is 118 Å². The van der Waals surface area contributed by atoms with Gasteiger partial charge < -0.3 is 15.7 Å². The fraction of sp³-hybridized carbons (Fsp3) is 0.692. The second-order valence-corrected chi connectivity index (χ2v) is 5.55. The summed E-state index contributed by atoms with van der Waals surface area (Å²) in [6, 6.07) is -0.463. The Morgan fingerprint density at radius 2 is 2.00 bits per heavy atom. The van der Waals surface area contributed by atoms with E-state index in [1.54, 1.807) is 6.92 Å². The molecule has 0 heterocycles. The summed E-state index contributed by atoms with van der Waals surface area (Å²) < 4.78 is 0. The van der Waals surface area contributed by atoms with E-state index in [2.05, 4.69) is 17.6 Å². The molecular formula is C13H21ClN2O3. The fourth-order valence-electron chi connectivity index (χ4n) is 2.17. The van der Waals surface area contributed by atoms with Crippen LogP contribution < -0.4 is 10.6 Å². The SMILES string of the molecule is CC(=CCl)CNC(=O)NC1(C(=O)O)CCC(C)CC1. The highest BCUT2D eigenvalue weighted by molar-refractivity contribution is 6.25. The molecule has 1 aliphatic rings. The zero-order chi connectivity index (χ0) is 14.5. The van der Waals surface area contributed by atoms with Crippen molar-refractivity contribution < 1.29 is 14.7 Å². The minimum atomic E-state index is -1.13. The van der Waals surface area contributed by atoms with Gasteiger partial charge in [-0.2, -0.15) is 0 Å². The van der Waals surface area contributed by atoms with E-state index >= 15 is 0 Å². The quantitative estimate of drug-likeness (QED) is 0.743. The average Bonchev–Trinajstić information content (AvgIpc) is 2.38. The Morgan fingerprint density at radius 1 is 1.42 bits per heavy atom. The maximum atomic E-state index is 11.8. The number of carbonyl (C=O) groups is 2. The van der Waals surface area contributed by atoms with Crippen LogP contribution in [0.3, 0.4) is 0 Å². The summed E-state index contributed by atoms with van der Waals surface area (Å²) in [6.45, 7) is 4.18. The molecule has 0 aromatic rings. The molecule has 6 heteroatoms. The lowest BCUT2D eigenvalue weighted by atomic mass is 9.77. The normalized spacial score (nSPS) is 27.7. The van der Waals surface area contributed by atoms with Crippen molar-refractivity contribution in [2.45, 2.75) is 45.1 Å². The maximum absolute atomic E-state index is 11.8. The van der Waals surface area contributed by atoms with E-state index in [0.29, 0.717) is 25.3 Å². The largest absolute Gasteiger partial charge is 0.480 e. The first kappa shape index (κ1) is 15.8. The Morgan fingerprint density at radius 3 is 2.47 bits per heavy atom. The molecule has 0 aromatic heterocycles. The Bertz CT molecular complexity index is 374. The minimum absolute atomic E-state index is 0.307. The third kappa shape index (κ3) is 4.42. The van der Waals surface area contributed by atoms with Gasteiger partial charge in [-0.05, 0) is 44.1 Å². The second kappa shape index (κ2) is 6.80. The minimum Gasteiger partial charge on any atom is -0.480 e. The molecule has 0 radical (unpaired) electrons. The van der Waals surface area contributed by atoms with Crippen LogP contribution in [0.1, 0.15) is 39.5 Å². The summed E-state index contributed by atoms with van der Waals surface area (Å²) >= 11 is 5.49. The summed E-state index contributed by atoms with van der Waals surface area (Å²) in [7, 11) is 0.